The lowest BCUT2D eigenvalue weighted by molar-refractivity contribution is 0.0303. The molecule has 1 heterocycles. The third-order valence-electron chi connectivity index (χ3n) is 3.06. The van der Waals surface area contributed by atoms with E-state index in [-0.39, 0.29) is 6.04 Å². The number of nitrogens with zero attached hydrogens (tertiary/aromatic N) is 1. The van der Waals surface area contributed by atoms with Gasteiger partial charge in [-0.3, -0.25) is 0 Å². The fourth-order valence-electron chi connectivity index (χ4n) is 1.50. The van der Waals surface area contributed by atoms with E-state index in [1.165, 1.54) is 4.88 Å². The minimum absolute atomic E-state index is 0.211. The Hall–Kier alpha value is -0.450. The van der Waals surface area contributed by atoms with Gasteiger partial charge < -0.3 is 10.4 Å². The maximum atomic E-state index is 10.2. The first-order valence-electron chi connectivity index (χ1n) is 5.89. The van der Waals surface area contributed by atoms with E-state index in [2.05, 4.69) is 24.1 Å². The van der Waals surface area contributed by atoms with Crippen molar-refractivity contribution in [1.29, 1.82) is 0 Å². The number of hydrogen-bond acceptors (Lipinski definition) is 4. The molecule has 92 valence electrons. The Morgan fingerprint density at radius 1 is 1.50 bits per heavy atom. The zero-order chi connectivity index (χ0) is 12.2. The lowest BCUT2D eigenvalue weighted by atomic mass is 9.97. The van der Waals surface area contributed by atoms with E-state index in [1.54, 1.807) is 11.3 Å². The summed E-state index contributed by atoms with van der Waals surface area (Å²) in [5, 5.41) is 14.6. The topological polar surface area (TPSA) is 45.1 Å². The molecule has 2 N–H and O–H groups in total. The van der Waals surface area contributed by atoms with Crippen LogP contribution in [0, 0.1) is 6.92 Å². The van der Waals surface area contributed by atoms with Crippen LogP contribution in [-0.2, 0) is 0 Å². The summed E-state index contributed by atoms with van der Waals surface area (Å²) in [4.78, 5) is 5.57. The molecule has 0 amide bonds. The van der Waals surface area contributed by atoms with Crippen LogP contribution in [0.15, 0.2) is 6.20 Å². The molecule has 0 radical (unpaired) electrons. The predicted molar refractivity (Wildman–Crippen MR) is 68.8 cm³/mol. The van der Waals surface area contributed by atoms with Gasteiger partial charge in [0.1, 0.15) is 5.01 Å². The Labute approximate surface area is 102 Å². The first-order chi connectivity index (χ1) is 7.50. The fraction of sp³-hybridized carbons (Fsp3) is 0.750. The van der Waals surface area contributed by atoms with Gasteiger partial charge in [-0.2, -0.15) is 0 Å². The Morgan fingerprint density at radius 3 is 2.56 bits per heavy atom. The molecule has 16 heavy (non-hydrogen) atoms. The molecule has 0 spiro atoms. The normalized spacial score (nSPS) is 14.1. The van der Waals surface area contributed by atoms with Crippen molar-refractivity contribution in [3.8, 4) is 0 Å². The van der Waals surface area contributed by atoms with Gasteiger partial charge in [-0.25, -0.2) is 4.98 Å². The van der Waals surface area contributed by atoms with Gasteiger partial charge in [0.25, 0.3) is 0 Å². The van der Waals surface area contributed by atoms with Gasteiger partial charge >= 0.3 is 0 Å². The van der Waals surface area contributed by atoms with Crippen LogP contribution in [0.1, 0.15) is 49.5 Å². The quantitative estimate of drug-likeness (QED) is 0.806. The highest BCUT2D eigenvalue weighted by Gasteiger charge is 2.23. The molecule has 0 saturated heterocycles. The van der Waals surface area contributed by atoms with Crippen molar-refractivity contribution in [1.82, 2.24) is 10.3 Å². The number of hydrogen-bond donors (Lipinski definition) is 2. The van der Waals surface area contributed by atoms with Crippen LogP contribution in [0.5, 0.6) is 0 Å². The molecule has 3 nitrogen and oxygen atoms in total. The number of aromatic nitrogens is 1. The molecule has 0 aliphatic rings. The third kappa shape index (κ3) is 3.54. The summed E-state index contributed by atoms with van der Waals surface area (Å²) in [7, 11) is 0. The van der Waals surface area contributed by atoms with Gasteiger partial charge in [-0.1, -0.05) is 13.8 Å². The molecular formula is C12H22N2OS. The van der Waals surface area contributed by atoms with Crippen LogP contribution in [0.3, 0.4) is 0 Å². The van der Waals surface area contributed by atoms with E-state index in [4.69, 9.17) is 0 Å². The van der Waals surface area contributed by atoms with Gasteiger partial charge in [0.15, 0.2) is 0 Å². The Bertz CT molecular complexity index is 321. The molecule has 1 rings (SSSR count). The van der Waals surface area contributed by atoms with Crippen molar-refractivity contribution >= 4 is 11.3 Å². The first kappa shape index (κ1) is 13.6. The number of thiazole rings is 1. The standard InChI is InChI=1S/C12H22N2OS/c1-5-12(15,6-2)8-14-10(4)11-13-7-9(3)16-11/h7,10,14-15H,5-6,8H2,1-4H3. The molecule has 0 aliphatic heterocycles. The van der Waals surface area contributed by atoms with Crippen LogP contribution >= 0.6 is 11.3 Å². The maximum absolute atomic E-state index is 10.2. The van der Waals surface area contributed by atoms with Gasteiger partial charge in [-0.15, -0.1) is 11.3 Å². The summed E-state index contributed by atoms with van der Waals surface area (Å²) >= 11 is 1.71. The molecular weight excluding hydrogens is 220 g/mol. The van der Waals surface area contributed by atoms with Gasteiger partial charge in [0.2, 0.25) is 0 Å². The second kappa shape index (κ2) is 5.75. The summed E-state index contributed by atoms with van der Waals surface area (Å²) in [6, 6.07) is 0.211. The smallest absolute Gasteiger partial charge is 0.109 e. The van der Waals surface area contributed by atoms with Crippen molar-refractivity contribution in [2.45, 2.75) is 52.2 Å². The van der Waals surface area contributed by atoms with Crippen LogP contribution in [0.25, 0.3) is 0 Å². The Morgan fingerprint density at radius 2 is 2.12 bits per heavy atom. The molecule has 0 aliphatic carbocycles. The summed E-state index contributed by atoms with van der Waals surface area (Å²) in [5.74, 6) is 0. The van der Waals surface area contributed by atoms with Crippen LogP contribution in [0.2, 0.25) is 0 Å². The molecule has 1 aromatic heterocycles. The fourth-order valence-corrected chi connectivity index (χ4v) is 2.30. The molecule has 0 aromatic carbocycles. The van der Waals surface area contributed by atoms with Crippen molar-refractivity contribution in [3.05, 3.63) is 16.1 Å². The lowest BCUT2D eigenvalue weighted by Gasteiger charge is -2.27. The largest absolute Gasteiger partial charge is 0.389 e. The van der Waals surface area contributed by atoms with Gasteiger partial charge in [-0.05, 0) is 26.7 Å². The molecule has 0 fully saturated rings. The molecule has 4 heteroatoms. The summed E-state index contributed by atoms with van der Waals surface area (Å²) in [6.45, 7) is 8.80. The van der Waals surface area contributed by atoms with Crippen LogP contribution in [0.4, 0.5) is 0 Å². The average molecular weight is 242 g/mol. The van der Waals surface area contributed by atoms with E-state index < -0.39 is 5.60 Å². The highest BCUT2D eigenvalue weighted by molar-refractivity contribution is 7.11. The van der Waals surface area contributed by atoms with E-state index in [0.29, 0.717) is 6.54 Å². The van der Waals surface area contributed by atoms with Crippen molar-refractivity contribution < 1.29 is 5.11 Å². The molecule has 0 saturated carbocycles. The van der Waals surface area contributed by atoms with E-state index >= 15 is 0 Å². The number of rotatable bonds is 6. The number of aliphatic hydroxyl groups is 1. The Kier molecular flexibility index (Phi) is 4.89. The minimum atomic E-state index is -0.583. The van der Waals surface area contributed by atoms with Gasteiger partial charge in [0.05, 0.1) is 11.6 Å². The SMILES string of the molecule is CCC(O)(CC)CNC(C)c1ncc(C)s1. The van der Waals surface area contributed by atoms with Crippen molar-refractivity contribution in [2.75, 3.05) is 6.54 Å². The molecule has 1 aromatic rings. The Balaban J connectivity index is 2.49. The maximum Gasteiger partial charge on any atom is 0.109 e. The summed E-state index contributed by atoms with van der Waals surface area (Å²) < 4.78 is 0. The molecule has 1 atom stereocenters. The average Bonchev–Trinajstić information content (AvgIpc) is 2.72. The molecule has 1 unspecified atom stereocenters. The van der Waals surface area contributed by atoms with E-state index in [9.17, 15) is 5.11 Å². The predicted octanol–water partition coefficient (Wildman–Crippen LogP) is 2.65. The van der Waals surface area contributed by atoms with Gasteiger partial charge in [0, 0.05) is 17.6 Å². The zero-order valence-corrected chi connectivity index (χ0v) is 11.4. The minimum Gasteiger partial charge on any atom is -0.389 e. The third-order valence-corrected chi connectivity index (χ3v) is 4.16. The monoisotopic (exact) mass is 242 g/mol. The van der Waals surface area contributed by atoms with Crippen LogP contribution in [-0.4, -0.2) is 22.2 Å². The van der Waals surface area contributed by atoms with Crippen LogP contribution < -0.4 is 5.32 Å². The van der Waals surface area contributed by atoms with Crippen molar-refractivity contribution in [3.63, 3.8) is 0 Å². The highest BCUT2D eigenvalue weighted by Crippen LogP contribution is 2.20. The highest BCUT2D eigenvalue weighted by atomic mass is 32.1. The summed E-state index contributed by atoms with van der Waals surface area (Å²) in [5.41, 5.74) is -0.583. The van der Waals surface area contributed by atoms with E-state index in [0.717, 1.165) is 17.8 Å². The number of aryl methyl sites for hydroxylation is 1. The second-order valence-corrected chi connectivity index (χ2v) is 5.61. The van der Waals surface area contributed by atoms with Crippen molar-refractivity contribution in [2.24, 2.45) is 0 Å². The lowest BCUT2D eigenvalue weighted by Crippen LogP contribution is -2.40. The number of nitrogens with one attached hydrogen (secondary N) is 1. The molecule has 0 bridgehead atoms. The van der Waals surface area contributed by atoms with E-state index in [1.807, 2.05) is 20.0 Å². The first-order valence-corrected chi connectivity index (χ1v) is 6.70. The summed E-state index contributed by atoms with van der Waals surface area (Å²) in [6.07, 6.45) is 3.45. The second-order valence-electron chi connectivity index (χ2n) is 4.34. The zero-order valence-electron chi connectivity index (χ0n) is 10.6.